The second kappa shape index (κ2) is 6.88. The van der Waals surface area contributed by atoms with E-state index in [4.69, 9.17) is 4.74 Å². The number of halogens is 1. The summed E-state index contributed by atoms with van der Waals surface area (Å²) in [4.78, 5) is 16.4. The maximum absolute atomic E-state index is 11.9. The predicted molar refractivity (Wildman–Crippen MR) is 83.0 cm³/mol. The fourth-order valence-corrected chi connectivity index (χ4v) is 2.68. The van der Waals surface area contributed by atoms with Gasteiger partial charge >= 0.3 is 0 Å². The molecule has 4 nitrogen and oxygen atoms in total. The molecule has 19 heavy (non-hydrogen) atoms. The first-order chi connectivity index (χ1) is 9.27. The van der Waals surface area contributed by atoms with E-state index in [-0.39, 0.29) is 11.9 Å². The largest absolute Gasteiger partial charge is 0.505 e. The van der Waals surface area contributed by atoms with Crippen LogP contribution in [0.25, 0.3) is 0 Å². The highest BCUT2D eigenvalue weighted by Gasteiger charge is 2.30. The maximum Gasteiger partial charge on any atom is 0.249 e. The Kier molecular flexibility index (Phi) is 5.18. The van der Waals surface area contributed by atoms with Crippen molar-refractivity contribution in [1.29, 1.82) is 0 Å². The third-order valence-corrected chi connectivity index (χ3v) is 3.88. The van der Waals surface area contributed by atoms with E-state index < -0.39 is 0 Å². The van der Waals surface area contributed by atoms with E-state index in [0.29, 0.717) is 0 Å². The van der Waals surface area contributed by atoms with Crippen molar-refractivity contribution in [3.8, 4) is 5.75 Å². The van der Waals surface area contributed by atoms with E-state index in [1.165, 1.54) is 0 Å². The van der Waals surface area contributed by atoms with E-state index in [9.17, 15) is 4.79 Å². The van der Waals surface area contributed by atoms with Gasteiger partial charge in [-0.2, -0.15) is 0 Å². The SMILES string of the molecule is COc1ccccc1N1[C-]=[NH+]C(=O)C1CCCCI. The van der Waals surface area contributed by atoms with Crippen LogP contribution < -0.4 is 14.6 Å². The highest BCUT2D eigenvalue weighted by molar-refractivity contribution is 14.1. The number of carbonyl (C=O) groups is 1. The molecule has 102 valence electrons. The summed E-state index contributed by atoms with van der Waals surface area (Å²) in [6, 6.07) is 7.50. The van der Waals surface area contributed by atoms with Crippen LogP contribution in [0.15, 0.2) is 24.3 Å². The summed E-state index contributed by atoms with van der Waals surface area (Å²) in [5, 5.41) is 0. The first kappa shape index (κ1) is 14.3. The van der Waals surface area contributed by atoms with Crippen molar-refractivity contribution in [3.63, 3.8) is 0 Å². The smallest absolute Gasteiger partial charge is 0.249 e. The molecule has 1 N–H and O–H groups in total. The molecule has 1 atom stereocenters. The number of hydrogen-bond acceptors (Lipinski definition) is 3. The fraction of sp³-hybridized carbons (Fsp3) is 0.429. The monoisotopic (exact) mass is 372 g/mol. The van der Waals surface area contributed by atoms with Crippen LogP contribution in [-0.2, 0) is 4.79 Å². The quantitative estimate of drug-likeness (QED) is 0.351. The Morgan fingerprint density at radius 1 is 1.42 bits per heavy atom. The van der Waals surface area contributed by atoms with E-state index in [1.807, 2.05) is 29.2 Å². The van der Waals surface area contributed by atoms with Crippen LogP contribution in [-0.4, -0.2) is 29.8 Å². The molecule has 1 aliphatic rings. The molecule has 5 heteroatoms. The molecule has 0 fully saturated rings. The minimum absolute atomic E-state index is 0.0133. The van der Waals surface area contributed by atoms with Gasteiger partial charge in [0.05, 0.1) is 12.8 Å². The number of hydrogen-bond donors (Lipinski definition) is 1. The molecule has 1 aliphatic heterocycles. The van der Waals surface area contributed by atoms with Gasteiger partial charge in [0.2, 0.25) is 12.2 Å². The molecular formula is C14H17IN2O2. The van der Waals surface area contributed by atoms with Crippen molar-refractivity contribution in [2.75, 3.05) is 16.4 Å². The van der Waals surface area contributed by atoms with Gasteiger partial charge in [-0.15, -0.1) is 0 Å². The normalized spacial score (nSPS) is 18.1. The zero-order valence-corrected chi connectivity index (χ0v) is 13.0. The van der Waals surface area contributed by atoms with E-state index in [0.717, 1.165) is 35.1 Å². The first-order valence-corrected chi connectivity index (χ1v) is 7.84. The number of nitrogens with zero attached hydrogens (tertiary/aromatic N) is 1. The van der Waals surface area contributed by atoms with Crippen LogP contribution in [0.5, 0.6) is 5.75 Å². The third-order valence-electron chi connectivity index (χ3n) is 3.12. The van der Waals surface area contributed by atoms with Gasteiger partial charge < -0.3 is 19.4 Å². The molecule has 0 saturated heterocycles. The van der Waals surface area contributed by atoms with Crippen molar-refractivity contribution in [1.82, 2.24) is 0 Å². The summed E-state index contributed by atoms with van der Waals surface area (Å²) in [7, 11) is 1.63. The number of alkyl halides is 1. The summed E-state index contributed by atoms with van der Waals surface area (Å²) in [5.74, 6) is 0.768. The Bertz CT molecular complexity index is 476. The van der Waals surface area contributed by atoms with Crippen LogP contribution >= 0.6 is 22.6 Å². The van der Waals surface area contributed by atoms with Crippen molar-refractivity contribution in [2.45, 2.75) is 25.3 Å². The summed E-state index contributed by atoms with van der Waals surface area (Å²) in [6.45, 7) is 0. The molecule has 0 radical (unpaired) electrons. The van der Waals surface area contributed by atoms with Gasteiger partial charge in [-0.1, -0.05) is 40.8 Å². The number of amides is 1. The molecule has 1 aromatic rings. The van der Waals surface area contributed by atoms with Gasteiger partial charge in [0.1, 0.15) is 11.8 Å². The van der Waals surface area contributed by atoms with Crippen molar-refractivity contribution < 1.29 is 14.5 Å². The molecule has 0 spiro atoms. The number of methoxy groups -OCH3 is 1. The third kappa shape index (κ3) is 3.26. The Labute approximate surface area is 127 Å². The van der Waals surface area contributed by atoms with Gasteiger partial charge in [0.15, 0.2) is 0 Å². The number of unbranched alkanes of at least 4 members (excludes halogenated alkanes) is 1. The molecule has 1 heterocycles. The predicted octanol–water partition coefficient (Wildman–Crippen LogP) is 1.00. The summed E-state index contributed by atoms with van der Waals surface area (Å²) in [5.41, 5.74) is 0.878. The van der Waals surface area contributed by atoms with Crippen molar-refractivity contribution in [3.05, 3.63) is 24.3 Å². The average molecular weight is 372 g/mol. The Balaban J connectivity index is 2.17. The molecule has 0 aliphatic carbocycles. The lowest BCUT2D eigenvalue weighted by atomic mass is 10.1. The standard InChI is InChI=1S/C14H17IN2O2/c1-19-13-8-3-2-6-11(13)17-10-16-14(18)12(17)7-4-5-9-15/h2-3,6,8,12,16H,4-5,7,9H2,1H3. The van der Waals surface area contributed by atoms with Gasteiger partial charge in [0.25, 0.3) is 0 Å². The fourth-order valence-electron chi connectivity index (χ4n) is 2.14. The highest BCUT2D eigenvalue weighted by Crippen LogP contribution is 2.29. The molecule has 1 aromatic carbocycles. The van der Waals surface area contributed by atoms with Crippen LogP contribution in [0.1, 0.15) is 19.3 Å². The lowest BCUT2D eigenvalue weighted by molar-refractivity contribution is -0.367. The molecule has 0 bridgehead atoms. The Morgan fingerprint density at radius 2 is 2.21 bits per heavy atom. The summed E-state index contributed by atoms with van der Waals surface area (Å²) in [6.07, 6.45) is 5.92. The molecule has 2 rings (SSSR count). The molecule has 1 unspecified atom stereocenters. The number of benzene rings is 1. The highest BCUT2D eigenvalue weighted by atomic mass is 127. The summed E-state index contributed by atoms with van der Waals surface area (Å²) >= 11 is 2.36. The van der Waals surface area contributed by atoms with E-state index in [2.05, 4.69) is 33.9 Å². The van der Waals surface area contributed by atoms with E-state index >= 15 is 0 Å². The summed E-state index contributed by atoms with van der Waals surface area (Å²) < 4.78 is 6.46. The van der Waals surface area contributed by atoms with Crippen molar-refractivity contribution in [2.24, 2.45) is 0 Å². The average Bonchev–Trinajstić information content (AvgIpc) is 2.80. The minimum Gasteiger partial charge on any atom is -0.505 e. The van der Waals surface area contributed by atoms with Crippen molar-refractivity contribution >= 4 is 40.5 Å². The Hall–Kier alpha value is -1.11. The topological polar surface area (TPSA) is 43.5 Å². The lowest BCUT2D eigenvalue weighted by Crippen LogP contribution is -2.72. The number of carbonyl (C=O) groups excluding carboxylic acids is 1. The molecule has 1 amide bonds. The van der Waals surface area contributed by atoms with Crippen LogP contribution in [0, 0.1) is 0 Å². The second-order valence-corrected chi connectivity index (χ2v) is 5.42. The lowest BCUT2D eigenvalue weighted by Gasteiger charge is -2.24. The number of ether oxygens (including phenoxy) is 1. The number of nitrogens with one attached hydrogen (secondary N) is 1. The van der Waals surface area contributed by atoms with Crippen LogP contribution in [0.3, 0.4) is 0 Å². The number of rotatable bonds is 6. The number of para-hydroxylation sites is 2. The minimum atomic E-state index is -0.181. The van der Waals surface area contributed by atoms with Gasteiger partial charge in [-0.05, 0) is 29.8 Å². The number of anilines is 1. The molecule has 0 aromatic heterocycles. The van der Waals surface area contributed by atoms with E-state index in [1.54, 1.807) is 7.11 Å². The second-order valence-electron chi connectivity index (χ2n) is 4.34. The zero-order valence-electron chi connectivity index (χ0n) is 10.9. The van der Waals surface area contributed by atoms with Gasteiger partial charge in [0, 0.05) is 0 Å². The molecule has 0 saturated carbocycles. The first-order valence-electron chi connectivity index (χ1n) is 6.31. The zero-order chi connectivity index (χ0) is 13.7. The maximum atomic E-state index is 11.9. The van der Waals surface area contributed by atoms with Crippen LogP contribution in [0.2, 0.25) is 0 Å². The Morgan fingerprint density at radius 3 is 2.95 bits per heavy atom. The molecular weight excluding hydrogens is 355 g/mol. The van der Waals surface area contributed by atoms with Gasteiger partial charge in [-0.3, -0.25) is 0 Å². The van der Waals surface area contributed by atoms with Gasteiger partial charge in [-0.25, -0.2) is 0 Å². The van der Waals surface area contributed by atoms with Crippen LogP contribution in [0.4, 0.5) is 5.69 Å².